The van der Waals surface area contributed by atoms with Gasteiger partial charge in [0.15, 0.2) is 5.82 Å². The van der Waals surface area contributed by atoms with E-state index in [1.54, 1.807) is 12.1 Å². The van der Waals surface area contributed by atoms with E-state index in [9.17, 15) is 4.39 Å². The minimum atomic E-state index is -0.295. The largest absolute Gasteiger partial charge is 0.382 e. The predicted octanol–water partition coefficient (Wildman–Crippen LogP) is 2.73. The van der Waals surface area contributed by atoms with Gasteiger partial charge in [0, 0.05) is 18.2 Å². The monoisotopic (exact) mass is 259 g/mol. The van der Waals surface area contributed by atoms with Crippen molar-refractivity contribution in [3.8, 4) is 11.5 Å². The number of anilines is 1. The van der Waals surface area contributed by atoms with Gasteiger partial charge in [-0.2, -0.15) is 5.10 Å². The van der Waals surface area contributed by atoms with Gasteiger partial charge in [0.25, 0.3) is 0 Å². The highest BCUT2D eigenvalue weighted by atomic mass is 19.1. The highest BCUT2D eigenvalue weighted by Gasteiger charge is 2.16. The van der Waals surface area contributed by atoms with Crippen LogP contribution in [0.2, 0.25) is 0 Å². The van der Waals surface area contributed by atoms with E-state index in [-0.39, 0.29) is 11.9 Å². The third-order valence-corrected chi connectivity index (χ3v) is 3.01. The second kappa shape index (κ2) is 4.08. The number of nitrogens with one attached hydrogen (secondary N) is 1. The van der Waals surface area contributed by atoms with Crippen molar-refractivity contribution in [2.75, 3.05) is 5.73 Å². The summed E-state index contributed by atoms with van der Waals surface area (Å²) in [5.41, 5.74) is 7.86. The molecule has 0 spiro atoms. The minimum Gasteiger partial charge on any atom is -0.382 e. The molecule has 0 aliphatic heterocycles. The summed E-state index contributed by atoms with van der Waals surface area (Å²) < 4.78 is 15.3. The van der Waals surface area contributed by atoms with Crippen molar-refractivity contribution in [2.24, 2.45) is 0 Å². The molecule has 5 nitrogen and oxygen atoms in total. The van der Waals surface area contributed by atoms with Gasteiger partial charge >= 0.3 is 0 Å². The third kappa shape index (κ3) is 1.85. The van der Waals surface area contributed by atoms with Gasteiger partial charge in [0.1, 0.15) is 17.3 Å². The van der Waals surface area contributed by atoms with Crippen LogP contribution in [0.25, 0.3) is 22.6 Å². The maximum absolute atomic E-state index is 13.3. The highest BCUT2D eigenvalue weighted by Crippen LogP contribution is 2.28. The number of fused-ring (bicyclic) bond motifs is 1. The topological polar surface area (TPSA) is 72.5 Å². The Hall–Kier alpha value is -2.37. The molecule has 0 saturated heterocycles. The quantitative estimate of drug-likeness (QED) is 0.743. The van der Waals surface area contributed by atoms with Crippen LogP contribution in [-0.2, 0) is 0 Å². The number of hydrogen-bond acceptors (Lipinski definition) is 3. The molecule has 3 N–H and O–H groups in total. The number of nitrogens with zero attached hydrogens (tertiary/aromatic N) is 3. The van der Waals surface area contributed by atoms with E-state index in [0.29, 0.717) is 17.2 Å². The summed E-state index contributed by atoms with van der Waals surface area (Å²) in [7, 11) is 0. The molecule has 98 valence electrons. The zero-order chi connectivity index (χ0) is 13.6. The standard InChI is InChI=1S/C13H14FN5/c1-7(2)19-11-4-3-8(14)5-9(11)16-13(19)10-6-12(15)18-17-10/h3-7H,1-2H3,(H3,15,17,18). The number of aromatic nitrogens is 4. The second-order valence-electron chi connectivity index (χ2n) is 4.74. The first kappa shape index (κ1) is 11.7. The molecule has 3 aromatic rings. The summed E-state index contributed by atoms with van der Waals surface area (Å²) in [6.45, 7) is 4.10. The highest BCUT2D eigenvalue weighted by molar-refractivity contribution is 5.80. The Morgan fingerprint density at radius 2 is 2.11 bits per heavy atom. The molecule has 0 amide bonds. The van der Waals surface area contributed by atoms with Gasteiger partial charge in [-0.3, -0.25) is 5.10 Å². The summed E-state index contributed by atoms with van der Waals surface area (Å²) in [5.74, 6) is 0.819. The number of nitrogen functional groups attached to an aromatic ring is 1. The molecule has 0 unspecified atom stereocenters. The van der Waals surface area contributed by atoms with E-state index in [2.05, 4.69) is 15.2 Å². The molecule has 3 rings (SSSR count). The minimum absolute atomic E-state index is 0.190. The van der Waals surface area contributed by atoms with Gasteiger partial charge in [-0.15, -0.1) is 0 Å². The van der Waals surface area contributed by atoms with Crippen LogP contribution in [0.15, 0.2) is 24.3 Å². The number of hydrogen-bond donors (Lipinski definition) is 2. The Labute approximate surface area is 109 Å². The van der Waals surface area contributed by atoms with Gasteiger partial charge in [0.2, 0.25) is 0 Å². The number of imidazole rings is 1. The van der Waals surface area contributed by atoms with Crippen LogP contribution < -0.4 is 5.73 Å². The molecule has 6 heteroatoms. The number of H-pyrrole nitrogens is 1. The van der Waals surface area contributed by atoms with Crippen LogP contribution in [-0.4, -0.2) is 19.7 Å². The summed E-state index contributed by atoms with van der Waals surface area (Å²) in [6, 6.07) is 6.51. The van der Waals surface area contributed by atoms with Gasteiger partial charge < -0.3 is 10.3 Å². The molecule has 0 atom stereocenters. The molecule has 19 heavy (non-hydrogen) atoms. The smallest absolute Gasteiger partial charge is 0.159 e. The number of halogens is 1. The van der Waals surface area contributed by atoms with E-state index >= 15 is 0 Å². The molecule has 0 fully saturated rings. The lowest BCUT2D eigenvalue weighted by atomic mass is 10.3. The molecule has 2 aromatic heterocycles. The molecule has 2 heterocycles. The number of benzene rings is 1. The maximum atomic E-state index is 13.3. The molecular formula is C13H14FN5. The lowest BCUT2D eigenvalue weighted by molar-refractivity contribution is 0.619. The Morgan fingerprint density at radius 3 is 2.74 bits per heavy atom. The Balaban J connectivity index is 2.31. The van der Waals surface area contributed by atoms with Crippen LogP contribution >= 0.6 is 0 Å². The summed E-state index contributed by atoms with van der Waals surface area (Å²) in [6.07, 6.45) is 0. The van der Waals surface area contributed by atoms with E-state index in [0.717, 1.165) is 11.2 Å². The summed E-state index contributed by atoms with van der Waals surface area (Å²) in [5, 5.41) is 6.75. The van der Waals surface area contributed by atoms with Gasteiger partial charge in [0.05, 0.1) is 11.0 Å². The third-order valence-electron chi connectivity index (χ3n) is 3.01. The maximum Gasteiger partial charge on any atom is 0.159 e. The number of nitrogens with two attached hydrogens (primary N) is 1. The lowest BCUT2D eigenvalue weighted by Gasteiger charge is -2.11. The molecule has 0 saturated carbocycles. The fourth-order valence-corrected chi connectivity index (χ4v) is 2.24. The SMILES string of the molecule is CC(C)n1c(-c2cc(N)n[nH]2)nc2cc(F)ccc21. The van der Waals surface area contributed by atoms with Crippen LogP contribution in [0.5, 0.6) is 0 Å². The average molecular weight is 259 g/mol. The van der Waals surface area contributed by atoms with Crippen molar-refractivity contribution in [3.05, 3.63) is 30.1 Å². The zero-order valence-corrected chi connectivity index (χ0v) is 10.7. The van der Waals surface area contributed by atoms with Crippen molar-refractivity contribution in [2.45, 2.75) is 19.9 Å². The zero-order valence-electron chi connectivity index (χ0n) is 10.7. The fraction of sp³-hybridized carbons (Fsp3) is 0.231. The van der Waals surface area contributed by atoms with Crippen molar-refractivity contribution in [3.63, 3.8) is 0 Å². The van der Waals surface area contributed by atoms with E-state index in [1.165, 1.54) is 12.1 Å². The van der Waals surface area contributed by atoms with Crippen LogP contribution in [0, 0.1) is 5.82 Å². The summed E-state index contributed by atoms with van der Waals surface area (Å²) in [4.78, 5) is 4.47. The van der Waals surface area contributed by atoms with Crippen molar-refractivity contribution in [1.29, 1.82) is 0 Å². The average Bonchev–Trinajstić information content (AvgIpc) is 2.91. The molecule has 0 radical (unpaired) electrons. The van der Waals surface area contributed by atoms with Crippen LogP contribution in [0.3, 0.4) is 0 Å². The number of rotatable bonds is 2. The van der Waals surface area contributed by atoms with Gasteiger partial charge in [-0.25, -0.2) is 9.37 Å². The summed E-state index contributed by atoms with van der Waals surface area (Å²) >= 11 is 0. The predicted molar refractivity (Wildman–Crippen MR) is 72.1 cm³/mol. The Morgan fingerprint density at radius 1 is 1.32 bits per heavy atom. The number of aromatic amines is 1. The molecular weight excluding hydrogens is 245 g/mol. The van der Waals surface area contributed by atoms with Crippen LogP contribution in [0.4, 0.5) is 10.2 Å². The second-order valence-corrected chi connectivity index (χ2v) is 4.74. The first-order valence-corrected chi connectivity index (χ1v) is 6.05. The first-order valence-electron chi connectivity index (χ1n) is 6.05. The van der Waals surface area contributed by atoms with Crippen LogP contribution in [0.1, 0.15) is 19.9 Å². The normalized spacial score (nSPS) is 11.6. The van der Waals surface area contributed by atoms with Crippen molar-refractivity contribution < 1.29 is 4.39 Å². The Bertz CT molecular complexity index is 741. The van der Waals surface area contributed by atoms with E-state index < -0.39 is 0 Å². The molecule has 0 bridgehead atoms. The van der Waals surface area contributed by atoms with Gasteiger partial charge in [-0.1, -0.05) is 0 Å². The van der Waals surface area contributed by atoms with Gasteiger partial charge in [-0.05, 0) is 26.0 Å². The fourth-order valence-electron chi connectivity index (χ4n) is 2.24. The first-order chi connectivity index (χ1) is 9.06. The van der Waals surface area contributed by atoms with E-state index in [1.807, 2.05) is 18.4 Å². The van der Waals surface area contributed by atoms with E-state index in [4.69, 9.17) is 5.73 Å². The van der Waals surface area contributed by atoms with Crippen molar-refractivity contribution >= 4 is 16.9 Å². The van der Waals surface area contributed by atoms with Crippen molar-refractivity contribution in [1.82, 2.24) is 19.7 Å². The lowest BCUT2D eigenvalue weighted by Crippen LogP contribution is -2.03. The molecule has 0 aliphatic rings. The molecule has 1 aromatic carbocycles. The Kier molecular flexibility index (Phi) is 2.51. The molecule has 0 aliphatic carbocycles.